The monoisotopic (exact) mass is 478 g/mol. The lowest BCUT2D eigenvalue weighted by Crippen LogP contribution is -2.40. The second-order valence-electron chi connectivity index (χ2n) is 5.67. The third kappa shape index (κ3) is 4.12. The summed E-state index contributed by atoms with van der Waals surface area (Å²) in [5.41, 5.74) is 3.89. The largest absolute Gasteiger partial charge is 0.364 e. The minimum absolute atomic E-state index is 0.0839. The molecule has 0 amide bonds. The van der Waals surface area contributed by atoms with Crippen molar-refractivity contribution in [2.75, 3.05) is 29.7 Å². The average Bonchev–Trinajstić information content (AvgIpc) is 2.74. The molecule has 2 aromatic rings. The van der Waals surface area contributed by atoms with Gasteiger partial charge in [0.25, 0.3) is 0 Å². The van der Waals surface area contributed by atoms with Gasteiger partial charge in [0.2, 0.25) is 0 Å². The maximum atomic E-state index is 6.22. The van der Waals surface area contributed by atoms with Crippen molar-refractivity contribution in [1.29, 1.82) is 0 Å². The molecule has 0 aromatic heterocycles. The summed E-state index contributed by atoms with van der Waals surface area (Å²) in [4.78, 5) is 7.09. The predicted molar refractivity (Wildman–Crippen MR) is 114 cm³/mol. The molecule has 0 bridgehead atoms. The minimum Gasteiger partial charge on any atom is -0.364 e. The van der Waals surface area contributed by atoms with E-state index in [4.69, 9.17) is 51.4 Å². The number of halogens is 5. The molecule has 2 aromatic carbocycles. The molecular weight excluding hydrogens is 466 g/mol. The van der Waals surface area contributed by atoms with Crippen LogP contribution >= 0.6 is 62.3 Å². The van der Waals surface area contributed by atoms with Crippen LogP contribution in [0.25, 0.3) is 0 Å². The third-order valence-corrected chi connectivity index (χ3v) is 5.88. The molecular formula is C18H15BrCl4N2. The second kappa shape index (κ2) is 8.49. The first-order chi connectivity index (χ1) is 12.0. The lowest BCUT2D eigenvalue weighted by molar-refractivity contribution is 0.670. The highest BCUT2D eigenvalue weighted by molar-refractivity contribution is 9.10. The molecule has 0 N–H and O–H groups in total. The minimum atomic E-state index is 0.0839. The number of hydrogen-bond donors (Lipinski definition) is 0. The summed E-state index contributed by atoms with van der Waals surface area (Å²) in [6.45, 7) is 1.29. The SMILES string of the molecule is ClCCN1c2ccc(Br)cc2C(c2ccc(Cl)c(Cl)c2)=NCC1CCl. The smallest absolute Gasteiger partial charge is 0.0741 e. The first-order valence-corrected chi connectivity index (χ1v) is 10.3. The number of anilines is 1. The fraction of sp³-hybridized carbons (Fsp3) is 0.278. The van der Waals surface area contributed by atoms with Crippen molar-refractivity contribution in [3.05, 3.63) is 62.0 Å². The first kappa shape index (κ1) is 19.3. The molecule has 1 atom stereocenters. The van der Waals surface area contributed by atoms with E-state index in [1.54, 1.807) is 6.07 Å². The number of fused-ring (bicyclic) bond motifs is 1. The summed E-state index contributed by atoms with van der Waals surface area (Å²) in [5.74, 6) is 0.996. The molecule has 25 heavy (non-hydrogen) atoms. The van der Waals surface area contributed by atoms with Crippen LogP contribution in [0, 0.1) is 0 Å². The molecule has 1 aliphatic rings. The van der Waals surface area contributed by atoms with Crippen molar-refractivity contribution in [1.82, 2.24) is 0 Å². The van der Waals surface area contributed by atoms with Crippen LogP contribution < -0.4 is 4.90 Å². The number of hydrogen-bond acceptors (Lipinski definition) is 2. The van der Waals surface area contributed by atoms with Gasteiger partial charge in [0, 0.05) is 39.6 Å². The fourth-order valence-corrected chi connectivity index (χ4v) is 4.05. The van der Waals surface area contributed by atoms with Crippen LogP contribution in [0.5, 0.6) is 0 Å². The van der Waals surface area contributed by atoms with Crippen LogP contribution in [-0.4, -0.2) is 36.6 Å². The van der Waals surface area contributed by atoms with Gasteiger partial charge in [-0.15, -0.1) is 23.2 Å². The van der Waals surface area contributed by atoms with Gasteiger partial charge in [-0.05, 0) is 30.3 Å². The molecule has 0 saturated carbocycles. The van der Waals surface area contributed by atoms with Crippen LogP contribution in [0.1, 0.15) is 11.1 Å². The molecule has 2 nitrogen and oxygen atoms in total. The van der Waals surface area contributed by atoms with E-state index in [0.29, 0.717) is 34.9 Å². The van der Waals surface area contributed by atoms with Gasteiger partial charge in [-0.2, -0.15) is 0 Å². The van der Waals surface area contributed by atoms with Crippen LogP contribution in [0.15, 0.2) is 45.9 Å². The van der Waals surface area contributed by atoms with Crippen LogP contribution in [0.2, 0.25) is 10.0 Å². The van der Waals surface area contributed by atoms with E-state index in [1.807, 2.05) is 18.2 Å². The molecule has 0 aliphatic carbocycles. The molecule has 1 unspecified atom stereocenters. The van der Waals surface area contributed by atoms with E-state index in [1.165, 1.54) is 0 Å². The molecule has 0 saturated heterocycles. The molecule has 3 rings (SSSR count). The Hall–Kier alpha value is -0.450. The van der Waals surface area contributed by atoms with Gasteiger partial charge in [0.05, 0.1) is 28.3 Å². The van der Waals surface area contributed by atoms with E-state index in [-0.39, 0.29) is 6.04 Å². The zero-order valence-electron chi connectivity index (χ0n) is 13.2. The van der Waals surface area contributed by atoms with Gasteiger partial charge in [0.1, 0.15) is 0 Å². The second-order valence-corrected chi connectivity index (χ2v) is 8.09. The zero-order valence-corrected chi connectivity index (χ0v) is 17.8. The maximum Gasteiger partial charge on any atom is 0.0741 e. The van der Waals surface area contributed by atoms with Gasteiger partial charge in [-0.25, -0.2) is 0 Å². The van der Waals surface area contributed by atoms with E-state index in [0.717, 1.165) is 27.0 Å². The van der Waals surface area contributed by atoms with Gasteiger partial charge >= 0.3 is 0 Å². The quantitative estimate of drug-likeness (QED) is 0.471. The Balaban J connectivity index is 2.18. The van der Waals surface area contributed by atoms with Gasteiger partial charge in [-0.1, -0.05) is 45.2 Å². The Kier molecular flexibility index (Phi) is 6.56. The van der Waals surface area contributed by atoms with Gasteiger partial charge in [0.15, 0.2) is 0 Å². The Morgan fingerprint density at radius 1 is 1.08 bits per heavy atom. The molecule has 1 heterocycles. The summed E-state index contributed by atoms with van der Waals surface area (Å²) in [6, 6.07) is 11.8. The van der Waals surface area contributed by atoms with E-state index in [2.05, 4.69) is 33.0 Å². The fourth-order valence-electron chi connectivity index (χ4n) is 2.94. The van der Waals surface area contributed by atoms with Crippen molar-refractivity contribution in [3.8, 4) is 0 Å². The maximum absolute atomic E-state index is 6.22. The topological polar surface area (TPSA) is 15.6 Å². The lowest BCUT2D eigenvalue weighted by atomic mass is 10.00. The Morgan fingerprint density at radius 3 is 2.56 bits per heavy atom. The lowest BCUT2D eigenvalue weighted by Gasteiger charge is -2.31. The number of rotatable bonds is 4. The highest BCUT2D eigenvalue weighted by atomic mass is 79.9. The Morgan fingerprint density at radius 2 is 1.88 bits per heavy atom. The van der Waals surface area contributed by atoms with Crippen LogP contribution in [0.4, 0.5) is 5.69 Å². The molecule has 7 heteroatoms. The van der Waals surface area contributed by atoms with Crippen molar-refractivity contribution >= 4 is 73.7 Å². The van der Waals surface area contributed by atoms with Crippen molar-refractivity contribution in [3.63, 3.8) is 0 Å². The number of alkyl halides is 2. The number of benzodiazepines with no additional fused rings is 1. The zero-order chi connectivity index (χ0) is 18.0. The number of nitrogens with zero attached hydrogens (tertiary/aromatic N) is 2. The highest BCUT2D eigenvalue weighted by Gasteiger charge is 2.26. The summed E-state index contributed by atoms with van der Waals surface area (Å²) < 4.78 is 0.981. The first-order valence-electron chi connectivity index (χ1n) is 7.73. The molecule has 0 radical (unpaired) electrons. The third-order valence-electron chi connectivity index (χ3n) is 4.12. The van der Waals surface area contributed by atoms with E-state index < -0.39 is 0 Å². The van der Waals surface area contributed by atoms with Crippen molar-refractivity contribution in [2.24, 2.45) is 4.99 Å². The highest BCUT2D eigenvalue weighted by Crippen LogP contribution is 2.33. The van der Waals surface area contributed by atoms with Crippen molar-refractivity contribution < 1.29 is 0 Å². The normalized spacial score (nSPS) is 17.1. The summed E-state index contributed by atoms with van der Waals surface area (Å²) in [5, 5.41) is 1.03. The summed E-state index contributed by atoms with van der Waals surface area (Å²) in [6.07, 6.45) is 0. The van der Waals surface area contributed by atoms with Crippen LogP contribution in [0.3, 0.4) is 0 Å². The summed E-state index contributed by atoms with van der Waals surface area (Å²) in [7, 11) is 0. The summed E-state index contributed by atoms with van der Waals surface area (Å²) >= 11 is 28.1. The molecule has 1 aliphatic heterocycles. The number of aliphatic imine (C=N–C) groups is 1. The van der Waals surface area contributed by atoms with Crippen molar-refractivity contribution in [2.45, 2.75) is 6.04 Å². The van der Waals surface area contributed by atoms with E-state index in [9.17, 15) is 0 Å². The van der Waals surface area contributed by atoms with Crippen LogP contribution in [-0.2, 0) is 0 Å². The Labute approximate surface area is 175 Å². The predicted octanol–water partition coefficient (Wildman–Crippen LogP) is 6.26. The standard InChI is InChI=1S/C18H15BrCl4N2/c19-12-2-4-17-14(8-12)18(11-1-3-15(22)16(23)7-11)24-10-13(9-21)25(17)6-5-20/h1-4,7-8,13H,5-6,9-10H2. The molecule has 0 fully saturated rings. The average molecular weight is 481 g/mol. The van der Waals surface area contributed by atoms with Gasteiger partial charge in [-0.3, -0.25) is 4.99 Å². The van der Waals surface area contributed by atoms with E-state index >= 15 is 0 Å². The number of benzene rings is 2. The van der Waals surface area contributed by atoms with Gasteiger partial charge < -0.3 is 4.90 Å². The molecule has 132 valence electrons. The molecule has 0 spiro atoms. The Bertz CT molecular complexity index is 810.